The molecular formula is C13H19N3O4. The molecule has 0 bridgehead atoms. The Hall–Kier alpha value is -2.12. The van der Waals surface area contributed by atoms with Gasteiger partial charge in [-0.05, 0) is 17.7 Å². The van der Waals surface area contributed by atoms with Gasteiger partial charge in [-0.25, -0.2) is 4.79 Å². The molecule has 0 aliphatic carbocycles. The van der Waals surface area contributed by atoms with E-state index in [1.54, 1.807) is 24.3 Å². The van der Waals surface area contributed by atoms with Gasteiger partial charge in [-0.2, -0.15) is 0 Å². The molecule has 3 amide bonds. The lowest BCUT2D eigenvalue weighted by Crippen LogP contribution is -2.34. The van der Waals surface area contributed by atoms with Gasteiger partial charge >= 0.3 is 6.03 Å². The third-order valence-corrected chi connectivity index (χ3v) is 2.54. The van der Waals surface area contributed by atoms with E-state index in [4.69, 9.17) is 10.5 Å². The fourth-order valence-corrected chi connectivity index (χ4v) is 1.53. The van der Waals surface area contributed by atoms with Gasteiger partial charge in [-0.3, -0.25) is 4.79 Å². The lowest BCUT2D eigenvalue weighted by Gasteiger charge is -2.11. The lowest BCUT2D eigenvalue weighted by atomic mass is 10.1. The fourth-order valence-electron chi connectivity index (χ4n) is 1.53. The maximum atomic E-state index is 11.8. The first-order valence-electron chi connectivity index (χ1n) is 6.10. The largest absolute Gasteiger partial charge is 0.389 e. The second-order valence-electron chi connectivity index (χ2n) is 4.23. The highest BCUT2D eigenvalue weighted by atomic mass is 16.5. The van der Waals surface area contributed by atoms with Crippen LogP contribution in [-0.4, -0.2) is 43.4 Å². The van der Waals surface area contributed by atoms with Gasteiger partial charge in [0, 0.05) is 25.8 Å². The minimum atomic E-state index is -0.733. The van der Waals surface area contributed by atoms with Gasteiger partial charge in [0.25, 0.3) is 5.91 Å². The number of carbonyl (C=O) groups excluding carboxylic acids is 2. The van der Waals surface area contributed by atoms with E-state index in [0.717, 1.165) is 5.56 Å². The second kappa shape index (κ2) is 8.13. The normalized spacial score (nSPS) is 11.7. The predicted molar refractivity (Wildman–Crippen MR) is 73.1 cm³/mol. The summed E-state index contributed by atoms with van der Waals surface area (Å²) in [5, 5.41) is 14.5. The zero-order valence-electron chi connectivity index (χ0n) is 11.3. The topological polar surface area (TPSA) is 114 Å². The molecule has 1 unspecified atom stereocenters. The molecule has 0 aromatic heterocycles. The Morgan fingerprint density at radius 3 is 2.50 bits per heavy atom. The number of methoxy groups -OCH3 is 1. The van der Waals surface area contributed by atoms with E-state index in [1.807, 2.05) is 0 Å². The van der Waals surface area contributed by atoms with Crippen molar-refractivity contribution in [3.63, 3.8) is 0 Å². The number of hydrogen-bond acceptors (Lipinski definition) is 4. The van der Waals surface area contributed by atoms with Gasteiger partial charge in [0.1, 0.15) is 0 Å². The number of rotatable bonds is 7. The molecule has 0 heterocycles. The molecule has 0 saturated heterocycles. The summed E-state index contributed by atoms with van der Waals surface area (Å²) in [5.74, 6) is -0.283. The van der Waals surface area contributed by atoms with Crippen LogP contribution in [0.3, 0.4) is 0 Å². The molecule has 0 radical (unpaired) electrons. The zero-order chi connectivity index (χ0) is 15.0. The molecule has 1 atom stereocenters. The second-order valence-corrected chi connectivity index (χ2v) is 4.23. The summed E-state index contributed by atoms with van der Waals surface area (Å²) in [5.41, 5.74) is 6.27. The van der Waals surface area contributed by atoms with E-state index in [0.29, 0.717) is 12.1 Å². The van der Waals surface area contributed by atoms with Crippen LogP contribution in [0, 0.1) is 0 Å². The first-order valence-corrected chi connectivity index (χ1v) is 6.10. The Bertz CT molecular complexity index is 447. The van der Waals surface area contributed by atoms with Crippen molar-refractivity contribution in [2.24, 2.45) is 5.73 Å². The zero-order valence-corrected chi connectivity index (χ0v) is 11.3. The van der Waals surface area contributed by atoms with Crippen molar-refractivity contribution in [2.75, 3.05) is 20.3 Å². The van der Waals surface area contributed by atoms with Crippen LogP contribution < -0.4 is 16.4 Å². The molecule has 7 nitrogen and oxygen atoms in total. The van der Waals surface area contributed by atoms with Gasteiger partial charge < -0.3 is 26.2 Å². The van der Waals surface area contributed by atoms with Crippen LogP contribution in [0.2, 0.25) is 0 Å². The summed E-state index contributed by atoms with van der Waals surface area (Å²) in [6, 6.07) is 6.11. The number of urea groups is 1. The van der Waals surface area contributed by atoms with E-state index < -0.39 is 12.1 Å². The summed E-state index contributed by atoms with van der Waals surface area (Å²) in [4.78, 5) is 22.3. The minimum absolute atomic E-state index is 0.123. The molecule has 1 rings (SSSR count). The van der Waals surface area contributed by atoms with E-state index in [2.05, 4.69) is 10.6 Å². The number of aliphatic hydroxyl groups is 1. The average Bonchev–Trinajstić information content (AvgIpc) is 2.43. The van der Waals surface area contributed by atoms with Gasteiger partial charge in [-0.15, -0.1) is 0 Å². The summed E-state index contributed by atoms with van der Waals surface area (Å²) in [6.07, 6.45) is -0.733. The maximum absolute atomic E-state index is 11.8. The number of carbonyl (C=O) groups is 2. The van der Waals surface area contributed by atoms with Crippen LogP contribution >= 0.6 is 0 Å². The third-order valence-electron chi connectivity index (χ3n) is 2.54. The number of amides is 3. The van der Waals surface area contributed by atoms with Crippen molar-refractivity contribution in [3.05, 3.63) is 35.4 Å². The first-order chi connectivity index (χ1) is 9.52. The standard InChI is InChI=1S/C13H19N3O4/c1-20-8-11(17)7-15-12(18)10-4-2-9(3-5-10)6-16-13(14)19/h2-5,11,17H,6-8H2,1H3,(H,15,18)(H3,14,16,19). The van der Waals surface area contributed by atoms with Crippen LogP contribution in [0.1, 0.15) is 15.9 Å². The molecule has 0 saturated carbocycles. The van der Waals surface area contributed by atoms with Crippen molar-refractivity contribution in [1.82, 2.24) is 10.6 Å². The van der Waals surface area contributed by atoms with Gasteiger partial charge in [0.2, 0.25) is 0 Å². The number of hydrogen-bond donors (Lipinski definition) is 4. The van der Waals surface area contributed by atoms with Crippen LogP contribution in [0.5, 0.6) is 0 Å². The number of ether oxygens (including phenoxy) is 1. The van der Waals surface area contributed by atoms with E-state index in [9.17, 15) is 14.7 Å². The SMILES string of the molecule is COCC(O)CNC(=O)c1ccc(CNC(N)=O)cc1. The first kappa shape index (κ1) is 15.9. The van der Waals surface area contributed by atoms with E-state index in [-0.39, 0.29) is 19.1 Å². The van der Waals surface area contributed by atoms with Crippen molar-refractivity contribution in [2.45, 2.75) is 12.6 Å². The molecule has 110 valence electrons. The van der Waals surface area contributed by atoms with Crippen LogP contribution in [-0.2, 0) is 11.3 Å². The number of primary amides is 1. The Morgan fingerprint density at radius 1 is 1.30 bits per heavy atom. The highest BCUT2D eigenvalue weighted by Crippen LogP contribution is 2.04. The van der Waals surface area contributed by atoms with Crippen LogP contribution in [0.4, 0.5) is 4.79 Å². The molecule has 20 heavy (non-hydrogen) atoms. The van der Waals surface area contributed by atoms with Crippen molar-refractivity contribution >= 4 is 11.9 Å². The highest BCUT2D eigenvalue weighted by molar-refractivity contribution is 5.94. The molecule has 7 heteroatoms. The third kappa shape index (κ3) is 5.68. The summed E-state index contributed by atoms with van der Waals surface area (Å²) in [6.45, 7) is 0.597. The maximum Gasteiger partial charge on any atom is 0.312 e. The lowest BCUT2D eigenvalue weighted by molar-refractivity contribution is 0.0610. The van der Waals surface area contributed by atoms with Crippen molar-refractivity contribution < 1.29 is 19.4 Å². The summed E-state index contributed by atoms with van der Waals surface area (Å²) >= 11 is 0. The number of nitrogens with two attached hydrogens (primary N) is 1. The highest BCUT2D eigenvalue weighted by Gasteiger charge is 2.08. The van der Waals surface area contributed by atoms with E-state index in [1.165, 1.54) is 7.11 Å². The monoisotopic (exact) mass is 281 g/mol. The number of aliphatic hydroxyl groups excluding tert-OH is 1. The van der Waals surface area contributed by atoms with Crippen molar-refractivity contribution in [3.8, 4) is 0 Å². The predicted octanol–water partition coefficient (Wildman–Crippen LogP) is -0.408. The molecule has 0 spiro atoms. The molecule has 0 fully saturated rings. The molecule has 0 aliphatic heterocycles. The fraction of sp³-hybridized carbons (Fsp3) is 0.385. The summed E-state index contributed by atoms with van der Waals surface area (Å²) < 4.78 is 4.76. The Balaban J connectivity index is 2.46. The van der Waals surface area contributed by atoms with E-state index >= 15 is 0 Å². The van der Waals surface area contributed by atoms with Gasteiger partial charge in [-0.1, -0.05) is 12.1 Å². The smallest absolute Gasteiger partial charge is 0.312 e. The van der Waals surface area contributed by atoms with Crippen LogP contribution in [0.25, 0.3) is 0 Å². The van der Waals surface area contributed by atoms with Gasteiger partial charge in [0.15, 0.2) is 0 Å². The molecular weight excluding hydrogens is 262 g/mol. The number of nitrogens with one attached hydrogen (secondary N) is 2. The molecule has 1 aromatic carbocycles. The summed E-state index contributed by atoms with van der Waals surface area (Å²) in [7, 11) is 1.48. The Labute approximate surface area is 117 Å². The minimum Gasteiger partial charge on any atom is -0.389 e. The molecule has 1 aromatic rings. The number of benzene rings is 1. The molecule has 0 aliphatic rings. The Morgan fingerprint density at radius 2 is 1.95 bits per heavy atom. The van der Waals surface area contributed by atoms with Gasteiger partial charge in [0.05, 0.1) is 12.7 Å². The van der Waals surface area contributed by atoms with Crippen molar-refractivity contribution in [1.29, 1.82) is 0 Å². The average molecular weight is 281 g/mol. The van der Waals surface area contributed by atoms with Crippen LogP contribution in [0.15, 0.2) is 24.3 Å². The molecule has 5 N–H and O–H groups in total. The Kier molecular flexibility index (Phi) is 6.48. The quantitative estimate of drug-likeness (QED) is 0.544.